The Hall–Kier alpha value is -0.640. The quantitative estimate of drug-likeness (QED) is 0.822. The Labute approximate surface area is 108 Å². The Morgan fingerprint density at radius 1 is 1.35 bits per heavy atom. The van der Waals surface area contributed by atoms with Crippen molar-refractivity contribution in [3.8, 4) is 0 Å². The number of imidazole rings is 1. The second-order valence-electron chi connectivity index (χ2n) is 5.57. The van der Waals surface area contributed by atoms with E-state index in [0.717, 1.165) is 12.3 Å². The van der Waals surface area contributed by atoms with Gasteiger partial charge in [0.1, 0.15) is 0 Å². The molecule has 1 saturated carbocycles. The molecule has 0 atom stereocenters. The van der Waals surface area contributed by atoms with E-state index in [9.17, 15) is 4.79 Å². The molecule has 0 saturated heterocycles. The highest BCUT2D eigenvalue weighted by molar-refractivity contribution is 7.80. The Balaban J connectivity index is 2.21. The fraction of sp³-hybridized carbons (Fsp3) is 0.769. The van der Waals surface area contributed by atoms with Crippen LogP contribution in [0.1, 0.15) is 45.6 Å². The van der Waals surface area contributed by atoms with Crippen LogP contribution in [0, 0.1) is 5.41 Å². The third-order valence-corrected chi connectivity index (χ3v) is 4.61. The van der Waals surface area contributed by atoms with Gasteiger partial charge in [0.25, 0.3) is 0 Å². The van der Waals surface area contributed by atoms with Gasteiger partial charge in [-0.15, -0.1) is 0 Å². The van der Waals surface area contributed by atoms with E-state index < -0.39 is 0 Å². The molecule has 4 heteroatoms. The summed E-state index contributed by atoms with van der Waals surface area (Å²) in [6, 6.07) is 0.235. The molecule has 0 amide bonds. The van der Waals surface area contributed by atoms with Crippen molar-refractivity contribution in [2.45, 2.75) is 52.1 Å². The molecule has 1 aliphatic rings. The Morgan fingerprint density at radius 3 is 2.47 bits per heavy atom. The van der Waals surface area contributed by atoms with E-state index in [-0.39, 0.29) is 17.1 Å². The Kier molecular flexibility index (Phi) is 3.71. The van der Waals surface area contributed by atoms with Gasteiger partial charge in [-0.2, -0.15) is 12.6 Å². The predicted molar refractivity (Wildman–Crippen MR) is 73.8 cm³/mol. The summed E-state index contributed by atoms with van der Waals surface area (Å²) in [7, 11) is 0. The van der Waals surface area contributed by atoms with Gasteiger partial charge >= 0.3 is 5.69 Å². The monoisotopic (exact) mass is 254 g/mol. The highest BCUT2D eigenvalue weighted by atomic mass is 32.1. The molecule has 1 aliphatic carbocycles. The maximum atomic E-state index is 12.2. The third-order valence-electron chi connectivity index (χ3n) is 3.94. The zero-order chi connectivity index (χ0) is 12.5. The maximum Gasteiger partial charge on any atom is 0.328 e. The summed E-state index contributed by atoms with van der Waals surface area (Å²) in [5.74, 6) is 0.881. The van der Waals surface area contributed by atoms with Gasteiger partial charge < -0.3 is 0 Å². The van der Waals surface area contributed by atoms with E-state index in [4.69, 9.17) is 0 Å². The van der Waals surface area contributed by atoms with Crippen LogP contribution in [0.15, 0.2) is 17.2 Å². The largest absolute Gasteiger partial charge is 0.328 e. The maximum absolute atomic E-state index is 12.2. The molecule has 0 bridgehead atoms. The molecule has 96 valence electrons. The summed E-state index contributed by atoms with van der Waals surface area (Å²) in [6.45, 7) is 4.90. The number of rotatable bonds is 4. The summed E-state index contributed by atoms with van der Waals surface area (Å²) in [4.78, 5) is 12.2. The van der Waals surface area contributed by atoms with Crippen molar-refractivity contribution in [2.75, 3.05) is 5.75 Å². The Morgan fingerprint density at radius 2 is 2.00 bits per heavy atom. The van der Waals surface area contributed by atoms with Gasteiger partial charge in [0.15, 0.2) is 0 Å². The van der Waals surface area contributed by atoms with Gasteiger partial charge in [0, 0.05) is 25.0 Å². The minimum Gasteiger partial charge on any atom is -0.299 e. The first-order valence-electron chi connectivity index (χ1n) is 6.46. The molecule has 0 spiro atoms. The minimum absolute atomic E-state index is 0.119. The predicted octanol–water partition coefficient (Wildman–Crippen LogP) is 2.72. The van der Waals surface area contributed by atoms with Crippen molar-refractivity contribution >= 4 is 12.6 Å². The molecule has 2 rings (SSSR count). The van der Waals surface area contributed by atoms with Crippen molar-refractivity contribution in [1.82, 2.24) is 9.13 Å². The van der Waals surface area contributed by atoms with Crippen LogP contribution in [0.2, 0.25) is 0 Å². The standard InChI is InChI=1S/C13H22N2OS/c1-11(2)15-8-7-14(12(15)16)9-13(10-17)5-3-4-6-13/h7-8,11,17H,3-6,9-10H2,1-2H3. The first-order valence-corrected chi connectivity index (χ1v) is 7.09. The zero-order valence-electron chi connectivity index (χ0n) is 10.7. The molecule has 1 fully saturated rings. The van der Waals surface area contributed by atoms with E-state index in [2.05, 4.69) is 12.6 Å². The molecule has 0 N–H and O–H groups in total. The van der Waals surface area contributed by atoms with Crippen LogP contribution in [0.4, 0.5) is 0 Å². The summed E-state index contributed by atoms with van der Waals surface area (Å²) >= 11 is 4.49. The number of thiol groups is 1. The average Bonchev–Trinajstić information content (AvgIpc) is 2.89. The van der Waals surface area contributed by atoms with E-state index in [1.54, 1.807) is 4.57 Å². The topological polar surface area (TPSA) is 26.9 Å². The Bertz CT molecular complexity index is 427. The fourth-order valence-electron chi connectivity index (χ4n) is 2.79. The molecule has 0 aromatic carbocycles. The minimum atomic E-state index is 0.119. The van der Waals surface area contributed by atoms with Gasteiger partial charge in [-0.05, 0) is 37.9 Å². The van der Waals surface area contributed by atoms with Crippen molar-refractivity contribution in [3.63, 3.8) is 0 Å². The van der Waals surface area contributed by atoms with Crippen LogP contribution in [-0.4, -0.2) is 14.9 Å². The van der Waals surface area contributed by atoms with Gasteiger partial charge in [-0.25, -0.2) is 4.79 Å². The van der Waals surface area contributed by atoms with Gasteiger partial charge in [0.2, 0.25) is 0 Å². The van der Waals surface area contributed by atoms with Crippen molar-refractivity contribution in [2.24, 2.45) is 5.41 Å². The summed E-state index contributed by atoms with van der Waals surface area (Å²) in [6.07, 6.45) is 8.78. The second kappa shape index (κ2) is 4.92. The first kappa shape index (κ1) is 12.8. The highest BCUT2D eigenvalue weighted by Crippen LogP contribution is 2.40. The van der Waals surface area contributed by atoms with Crippen molar-refractivity contribution in [3.05, 3.63) is 22.9 Å². The molecular formula is C13H22N2OS. The lowest BCUT2D eigenvalue weighted by molar-refractivity contribution is 0.284. The number of hydrogen-bond donors (Lipinski definition) is 1. The third kappa shape index (κ3) is 2.46. The molecule has 3 nitrogen and oxygen atoms in total. The van der Waals surface area contributed by atoms with E-state index in [0.29, 0.717) is 0 Å². The van der Waals surface area contributed by atoms with E-state index in [1.807, 2.05) is 30.8 Å². The molecular weight excluding hydrogens is 232 g/mol. The normalized spacial score (nSPS) is 19.1. The second-order valence-corrected chi connectivity index (χ2v) is 5.89. The lowest BCUT2D eigenvalue weighted by Gasteiger charge is -2.26. The molecule has 1 heterocycles. The van der Waals surface area contributed by atoms with Crippen LogP contribution in [0.5, 0.6) is 0 Å². The molecule has 1 aromatic heterocycles. The van der Waals surface area contributed by atoms with Crippen LogP contribution in [-0.2, 0) is 6.54 Å². The van der Waals surface area contributed by atoms with Gasteiger partial charge in [-0.3, -0.25) is 9.13 Å². The number of hydrogen-bond acceptors (Lipinski definition) is 2. The summed E-state index contributed by atoms with van der Waals surface area (Å²) < 4.78 is 3.66. The van der Waals surface area contributed by atoms with Crippen LogP contribution >= 0.6 is 12.6 Å². The molecule has 0 radical (unpaired) electrons. The summed E-state index contributed by atoms with van der Waals surface area (Å²) in [5, 5.41) is 0. The van der Waals surface area contributed by atoms with Crippen LogP contribution in [0.25, 0.3) is 0 Å². The number of nitrogens with zero attached hydrogens (tertiary/aromatic N) is 2. The van der Waals surface area contributed by atoms with Crippen molar-refractivity contribution in [1.29, 1.82) is 0 Å². The average molecular weight is 254 g/mol. The first-order chi connectivity index (χ1) is 8.08. The highest BCUT2D eigenvalue weighted by Gasteiger charge is 2.33. The summed E-state index contributed by atoms with van der Waals surface area (Å²) in [5.41, 5.74) is 0.365. The van der Waals surface area contributed by atoms with Gasteiger partial charge in [-0.1, -0.05) is 12.8 Å². The molecule has 17 heavy (non-hydrogen) atoms. The van der Waals surface area contributed by atoms with E-state index >= 15 is 0 Å². The van der Waals surface area contributed by atoms with Crippen LogP contribution < -0.4 is 5.69 Å². The van der Waals surface area contributed by atoms with Crippen molar-refractivity contribution < 1.29 is 0 Å². The molecule has 0 unspecified atom stereocenters. The smallest absolute Gasteiger partial charge is 0.299 e. The van der Waals surface area contributed by atoms with Gasteiger partial charge in [0.05, 0.1) is 0 Å². The SMILES string of the molecule is CC(C)n1ccn(CC2(CS)CCCC2)c1=O. The number of aromatic nitrogens is 2. The van der Waals surface area contributed by atoms with Crippen LogP contribution in [0.3, 0.4) is 0 Å². The zero-order valence-corrected chi connectivity index (χ0v) is 11.6. The molecule has 1 aromatic rings. The fourth-order valence-corrected chi connectivity index (χ4v) is 3.21. The lowest BCUT2D eigenvalue weighted by atomic mass is 9.88. The van der Waals surface area contributed by atoms with E-state index in [1.165, 1.54) is 25.7 Å². The lowest BCUT2D eigenvalue weighted by Crippen LogP contribution is -2.33. The molecule has 0 aliphatic heterocycles.